The Morgan fingerprint density at radius 1 is 1.19 bits per heavy atom. The number of thiazole rings is 1. The number of nitrogens with zero attached hydrogens (tertiary/aromatic N) is 2. The van der Waals surface area contributed by atoms with Crippen LogP contribution in [0.2, 0.25) is 0 Å². The lowest BCUT2D eigenvalue weighted by molar-refractivity contribution is -0.126. The summed E-state index contributed by atoms with van der Waals surface area (Å²) in [6, 6.07) is 13.7. The van der Waals surface area contributed by atoms with Crippen LogP contribution >= 0.6 is 11.3 Å². The molecule has 2 aliphatic rings. The second kappa shape index (κ2) is 8.63. The van der Waals surface area contributed by atoms with Gasteiger partial charge in [0.25, 0.3) is 0 Å². The number of amides is 2. The molecule has 7 nitrogen and oxygen atoms in total. The smallest absolute Gasteiger partial charge is 0.231 e. The monoisotopic (exact) mass is 449 g/mol. The highest BCUT2D eigenvalue weighted by atomic mass is 32.1. The number of aryl methyl sites for hydroxylation is 1. The first-order valence-electron chi connectivity index (χ1n) is 10.6. The molecule has 164 valence electrons. The summed E-state index contributed by atoms with van der Waals surface area (Å²) in [5.41, 5.74) is 4.00. The van der Waals surface area contributed by atoms with Crippen LogP contribution in [0.5, 0.6) is 11.5 Å². The van der Waals surface area contributed by atoms with Crippen molar-refractivity contribution >= 4 is 28.8 Å². The quantitative estimate of drug-likeness (QED) is 0.622. The fourth-order valence-corrected chi connectivity index (χ4v) is 4.75. The fourth-order valence-electron chi connectivity index (χ4n) is 3.89. The Hall–Kier alpha value is -3.39. The average molecular weight is 450 g/mol. The van der Waals surface area contributed by atoms with Crippen molar-refractivity contribution in [1.29, 1.82) is 0 Å². The van der Waals surface area contributed by atoms with Crippen LogP contribution in [-0.2, 0) is 16.0 Å². The van der Waals surface area contributed by atoms with Crippen molar-refractivity contribution in [2.45, 2.75) is 19.8 Å². The summed E-state index contributed by atoms with van der Waals surface area (Å²) < 4.78 is 10.7. The summed E-state index contributed by atoms with van der Waals surface area (Å²) in [5, 5.41) is 5.97. The van der Waals surface area contributed by atoms with Crippen LogP contribution < -0.4 is 19.7 Å². The maximum atomic E-state index is 12.7. The van der Waals surface area contributed by atoms with Gasteiger partial charge < -0.3 is 19.7 Å². The molecule has 32 heavy (non-hydrogen) atoms. The molecule has 8 heteroatoms. The van der Waals surface area contributed by atoms with Crippen molar-refractivity contribution in [3.05, 3.63) is 59.1 Å². The lowest BCUT2D eigenvalue weighted by atomic mass is 10.1. The van der Waals surface area contributed by atoms with E-state index in [4.69, 9.17) is 9.47 Å². The van der Waals surface area contributed by atoms with E-state index in [1.807, 2.05) is 11.4 Å². The van der Waals surface area contributed by atoms with E-state index in [0.29, 0.717) is 31.0 Å². The first kappa shape index (κ1) is 20.5. The van der Waals surface area contributed by atoms with Crippen molar-refractivity contribution in [2.75, 3.05) is 24.8 Å². The number of carbonyl (C=O) groups is 2. The molecule has 1 N–H and O–H groups in total. The lowest BCUT2D eigenvalue weighted by Gasteiger charge is -2.17. The SMILES string of the molecule is Cc1ccc(-c2nc(CCNC(=O)C3CC(=O)N(c4ccc5c(c4)OCO5)C3)cs2)cc1. The van der Waals surface area contributed by atoms with Gasteiger partial charge in [-0.25, -0.2) is 4.98 Å². The molecular weight excluding hydrogens is 426 g/mol. The third kappa shape index (κ3) is 4.18. The summed E-state index contributed by atoms with van der Waals surface area (Å²) in [6.07, 6.45) is 0.856. The van der Waals surface area contributed by atoms with Crippen molar-refractivity contribution in [1.82, 2.24) is 10.3 Å². The molecule has 1 unspecified atom stereocenters. The fraction of sp³-hybridized carbons (Fsp3) is 0.292. The standard InChI is InChI=1S/C24H23N3O4S/c1-15-2-4-16(5-3-15)24-26-18(13-32-24)8-9-25-23(29)17-10-22(28)27(12-17)19-6-7-20-21(11-19)31-14-30-20/h2-7,11,13,17H,8-10,12,14H2,1H3,(H,25,29). The molecule has 2 aromatic carbocycles. The predicted octanol–water partition coefficient (Wildman–Crippen LogP) is 3.56. The number of benzene rings is 2. The molecule has 1 aromatic heterocycles. The van der Waals surface area contributed by atoms with E-state index in [1.54, 1.807) is 28.4 Å². The van der Waals surface area contributed by atoms with Crippen LogP contribution in [0, 0.1) is 12.8 Å². The van der Waals surface area contributed by atoms with Gasteiger partial charge in [0.05, 0.1) is 11.6 Å². The maximum absolute atomic E-state index is 12.7. The number of fused-ring (bicyclic) bond motifs is 1. The van der Waals surface area contributed by atoms with E-state index in [9.17, 15) is 9.59 Å². The summed E-state index contributed by atoms with van der Waals surface area (Å²) in [6.45, 7) is 3.10. The maximum Gasteiger partial charge on any atom is 0.231 e. The number of hydrogen-bond acceptors (Lipinski definition) is 6. The first-order chi connectivity index (χ1) is 15.6. The number of ether oxygens (including phenoxy) is 2. The summed E-state index contributed by atoms with van der Waals surface area (Å²) >= 11 is 1.60. The molecule has 1 fully saturated rings. The number of nitrogens with one attached hydrogen (secondary N) is 1. The van der Waals surface area contributed by atoms with Crippen LogP contribution in [0.3, 0.4) is 0 Å². The number of hydrogen-bond donors (Lipinski definition) is 1. The Morgan fingerprint density at radius 2 is 2.00 bits per heavy atom. The van der Waals surface area contributed by atoms with E-state index < -0.39 is 0 Å². The molecular formula is C24H23N3O4S. The number of carbonyl (C=O) groups excluding carboxylic acids is 2. The van der Waals surface area contributed by atoms with E-state index in [1.165, 1.54) is 5.56 Å². The molecule has 2 amide bonds. The number of anilines is 1. The van der Waals surface area contributed by atoms with Crippen molar-refractivity contribution in [2.24, 2.45) is 5.92 Å². The zero-order valence-electron chi connectivity index (χ0n) is 17.7. The molecule has 1 atom stereocenters. The number of rotatable bonds is 6. The van der Waals surface area contributed by atoms with Gasteiger partial charge in [0.2, 0.25) is 18.6 Å². The molecule has 0 spiro atoms. The minimum atomic E-state index is -0.369. The predicted molar refractivity (Wildman–Crippen MR) is 122 cm³/mol. The van der Waals surface area contributed by atoms with Gasteiger partial charge in [0.1, 0.15) is 5.01 Å². The zero-order valence-corrected chi connectivity index (χ0v) is 18.5. The van der Waals surface area contributed by atoms with Crippen LogP contribution in [0.25, 0.3) is 10.6 Å². The molecule has 0 bridgehead atoms. The second-order valence-corrected chi connectivity index (χ2v) is 8.85. The lowest BCUT2D eigenvalue weighted by Crippen LogP contribution is -2.34. The molecule has 0 aliphatic carbocycles. The third-order valence-corrected chi connectivity index (χ3v) is 6.63. The molecule has 3 heterocycles. The normalized spacial score (nSPS) is 17.1. The van der Waals surface area contributed by atoms with E-state index in [-0.39, 0.29) is 30.9 Å². The first-order valence-corrected chi connectivity index (χ1v) is 11.4. The van der Waals surface area contributed by atoms with Gasteiger partial charge in [0, 0.05) is 48.6 Å². The molecule has 1 saturated heterocycles. The van der Waals surface area contributed by atoms with Crippen LogP contribution in [0.4, 0.5) is 5.69 Å². The Kier molecular flexibility index (Phi) is 5.53. The Bertz CT molecular complexity index is 1160. The summed E-state index contributed by atoms with van der Waals surface area (Å²) in [4.78, 5) is 31.5. The van der Waals surface area contributed by atoms with Crippen LogP contribution in [-0.4, -0.2) is 36.7 Å². The van der Waals surface area contributed by atoms with Crippen molar-refractivity contribution in [3.63, 3.8) is 0 Å². The Labute approximate surface area is 190 Å². The number of aromatic nitrogens is 1. The van der Waals surface area contributed by atoms with Gasteiger partial charge in [-0.05, 0) is 19.1 Å². The van der Waals surface area contributed by atoms with Crippen molar-refractivity contribution < 1.29 is 19.1 Å². The second-order valence-electron chi connectivity index (χ2n) is 7.99. The van der Waals surface area contributed by atoms with Gasteiger partial charge >= 0.3 is 0 Å². The van der Waals surface area contributed by atoms with E-state index in [2.05, 4.69) is 41.5 Å². The van der Waals surface area contributed by atoms with Gasteiger partial charge in [-0.1, -0.05) is 29.8 Å². The van der Waals surface area contributed by atoms with Gasteiger partial charge in [-0.3, -0.25) is 9.59 Å². The summed E-state index contributed by atoms with van der Waals surface area (Å²) in [7, 11) is 0. The minimum Gasteiger partial charge on any atom is -0.454 e. The molecule has 2 aliphatic heterocycles. The molecule has 3 aromatic rings. The highest BCUT2D eigenvalue weighted by molar-refractivity contribution is 7.13. The van der Waals surface area contributed by atoms with Crippen molar-refractivity contribution in [3.8, 4) is 22.1 Å². The highest BCUT2D eigenvalue weighted by Gasteiger charge is 2.35. The zero-order chi connectivity index (χ0) is 22.1. The van der Waals surface area contributed by atoms with Gasteiger partial charge in [0.15, 0.2) is 11.5 Å². The largest absolute Gasteiger partial charge is 0.454 e. The van der Waals surface area contributed by atoms with Crippen LogP contribution in [0.1, 0.15) is 17.7 Å². The van der Waals surface area contributed by atoms with E-state index in [0.717, 1.165) is 22.0 Å². The Morgan fingerprint density at radius 3 is 2.84 bits per heavy atom. The summed E-state index contributed by atoms with van der Waals surface area (Å²) in [5.74, 6) is 0.757. The molecule has 0 radical (unpaired) electrons. The van der Waals surface area contributed by atoms with E-state index >= 15 is 0 Å². The molecule has 5 rings (SSSR count). The Balaban J connectivity index is 1.14. The van der Waals surface area contributed by atoms with Crippen LogP contribution in [0.15, 0.2) is 47.8 Å². The third-order valence-electron chi connectivity index (χ3n) is 5.69. The topological polar surface area (TPSA) is 80.8 Å². The highest BCUT2D eigenvalue weighted by Crippen LogP contribution is 2.37. The molecule has 0 saturated carbocycles. The van der Waals surface area contributed by atoms with Gasteiger partial charge in [-0.15, -0.1) is 11.3 Å². The minimum absolute atomic E-state index is 0.0637. The average Bonchev–Trinajstić information content (AvgIpc) is 3.53. The van der Waals surface area contributed by atoms with Gasteiger partial charge in [-0.2, -0.15) is 0 Å².